The molecule has 156 valence electrons. The van der Waals surface area contributed by atoms with Crippen molar-refractivity contribution in [3.8, 4) is 22.6 Å². The van der Waals surface area contributed by atoms with Gasteiger partial charge in [0.25, 0.3) is 5.56 Å². The Balaban J connectivity index is 2.02. The molecule has 7 nitrogen and oxygen atoms in total. The van der Waals surface area contributed by atoms with Crippen LogP contribution in [-0.2, 0) is 13.2 Å². The van der Waals surface area contributed by atoms with Gasteiger partial charge in [-0.25, -0.2) is 9.50 Å². The summed E-state index contributed by atoms with van der Waals surface area (Å²) >= 11 is 0. The van der Waals surface area contributed by atoms with E-state index in [1.165, 1.54) is 23.6 Å². The van der Waals surface area contributed by atoms with Gasteiger partial charge in [-0.3, -0.25) is 9.48 Å². The fourth-order valence-corrected chi connectivity index (χ4v) is 3.82. The molecule has 0 fully saturated rings. The number of H-pyrrole nitrogens is 1. The second-order valence-corrected chi connectivity index (χ2v) is 7.28. The maximum Gasteiger partial charge on any atom is 0.416 e. The van der Waals surface area contributed by atoms with Crippen LogP contribution in [0.3, 0.4) is 0 Å². The maximum atomic E-state index is 13.2. The predicted octanol–water partition coefficient (Wildman–Crippen LogP) is 3.74. The van der Waals surface area contributed by atoms with Gasteiger partial charge in [-0.2, -0.15) is 23.4 Å². The highest BCUT2D eigenvalue weighted by atomic mass is 19.4. The molecule has 0 radical (unpaired) electrons. The van der Waals surface area contributed by atoms with Crippen LogP contribution in [0.15, 0.2) is 23.0 Å². The van der Waals surface area contributed by atoms with Crippen molar-refractivity contribution in [1.82, 2.24) is 29.4 Å². The zero-order valence-corrected chi connectivity index (χ0v) is 17.0. The molecule has 0 unspecified atom stereocenters. The average Bonchev–Trinajstić information content (AvgIpc) is 3.09. The Hall–Kier alpha value is -3.43. The molecule has 3 aromatic heterocycles. The lowest BCUT2D eigenvalue weighted by Crippen LogP contribution is -2.15. The molecule has 30 heavy (non-hydrogen) atoms. The van der Waals surface area contributed by atoms with E-state index in [9.17, 15) is 18.0 Å². The molecular weight excluding hydrogens is 397 g/mol. The first-order valence-corrected chi connectivity index (χ1v) is 9.17. The Bertz CT molecular complexity index is 1360. The number of hydrogen-bond acceptors (Lipinski definition) is 4. The maximum absolute atomic E-state index is 13.2. The molecule has 1 aromatic carbocycles. The quantitative estimate of drug-likeness (QED) is 0.540. The van der Waals surface area contributed by atoms with Crippen molar-refractivity contribution in [2.45, 2.75) is 33.9 Å². The Kier molecular flexibility index (Phi) is 4.33. The predicted molar refractivity (Wildman–Crippen MR) is 105 cm³/mol. The monoisotopic (exact) mass is 416 g/mol. The first kappa shape index (κ1) is 19.9. The zero-order chi connectivity index (χ0) is 22.0. The van der Waals surface area contributed by atoms with Crippen LogP contribution in [0.5, 0.6) is 0 Å². The molecule has 0 bridgehead atoms. The summed E-state index contributed by atoms with van der Waals surface area (Å²) in [6.07, 6.45) is -4.42. The van der Waals surface area contributed by atoms with Crippen molar-refractivity contribution >= 4 is 5.52 Å². The van der Waals surface area contributed by atoms with Crippen molar-refractivity contribution in [2.24, 2.45) is 7.05 Å². The summed E-state index contributed by atoms with van der Waals surface area (Å²) in [5.74, 6) is 0.828. The summed E-state index contributed by atoms with van der Waals surface area (Å²) in [5, 5.41) is 8.85. The van der Waals surface area contributed by atoms with E-state index in [0.717, 1.165) is 6.07 Å². The first-order chi connectivity index (χ1) is 14.0. The van der Waals surface area contributed by atoms with E-state index in [1.807, 2.05) is 0 Å². The van der Waals surface area contributed by atoms with Crippen LogP contribution < -0.4 is 5.56 Å². The number of fused-ring (bicyclic) bond motifs is 1. The third-order valence-corrected chi connectivity index (χ3v) is 5.04. The van der Waals surface area contributed by atoms with Crippen molar-refractivity contribution < 1.29 is 13.2 Å². The molecule has 4 rings (SSSR count). The van der Waals surface area contributed by atoms with Crippen LogP contribution in [0.1, 0.15) is 28.3 Å². The van der Waals surface area contributed by atoms with Gasteiger partial charge in [0.1, 0.15) is 5.82 Å². The normalized spacial score (nSPS) is 12.1. The lowest BCUT2D eigenvalue weighted by atomic mass is 9.99. The Morgan fingerprint density at radius 3 is 2.37 bits per heavy atom. The lowest BCUT2D eigenvalue weighted by molar-refractivity contribution is -0.138. The number of aryl methyl sites for hydroxylation is 5. The van der Waals surface area contributed by atoms with E-state index in [-0.39, 0.29) is 11.1 Å². The first-order valence-electron chi connectivity index (χ1n) is 9.17. The topological polar surface area (TPSA) is 80.9 Å². The number of aromatic amines is 1. The second kappa shape index (κ2) is 6.54. The molecule has 0 saturated carbocycles. The van der Waals surface area contributed by atoms with Crippen molar-refractivity contribution in [3.05, 3.63) is 56.9 Å². The van der Waals surface area contributed by atoms with Crippen LogP contribution in [0, 0.1) is 27.7 Å². The van der Waals surface area contributed by atoms with Crippen LogP contribution in [0.4, 0.5) is 13.2 Å². The van der Waals surface area contributed by atoms with E-state index < -0.39 is 11.7 Å². The van der Waals surface area contributed by atoms with Gasteiger partial charge in [0.15, 0.2) is 11.3 Å². The average molecular weight is 416 g/mol. The van der Waals surface area contributed by atoms with Gasteiger partial charge in [0, 0.05) is 12.6 Å². The number of aromatic nitrogens is 6. The van der Waals surface area contributed by atoms with Gasteiger partial charge in [0.2, 0.25) is 0 Å². The molecule has 1 N–H and O–H groups in total. The molecule has 3 heterocycles. The van der Waals surface area contributed by atoms with Gasteiger partial charge >= 0.3 is 6.18 Å². The minimum Gasteiger partial charge on any atom is -0.307 e. The van der Waals surface area contributed by atoms with Gasteiger partial charge in [-0.15, -0.1) is 0 Å². The molecule has 0 amide bonds. The molecule has 0 aliphatic heterocycles. The second-order valence-electron chi connectivity index (χ2n) is 7.28. The summed E-state index contributed by atoms with van der Waals surface area (Å²) in [5.41, 5.74) is 2.31. The number of alkyl halides is 3. The number of rotatable bonds is 2. The number of imidazole rings is 1. The third-order valence-electron chi connectivity index (χ3n) is 5.04. The highest BCUT2D eigenvalue weighted by molar-refractivity contribution is 5.82. The summed E-state index contributed by atoms with van der Waals surface area (Å²) in [7, 11) is 1.72. The van der Waals surface area contributed by atoms with Gasteiger partial charge in [0.05, 0.1) is 28.2 Å². The molecule has 4 aromatic rings. The Morgan fingerprint density at radius 2 is 1.73 bits per heavy atom. The smallest absolute Gasteiger partial charge is 0.307 e. The van der Waals surface area contributed by atoms with E-state index in [2.05, 4.69) is 20.2 Å². The summed E-state index contributed by atoms with van der Waals surface area (Å²) in [6, 6.07) is 3.97. The van der Waals surface area contributed by atoms with E-state index in [0.29, 0.717) is 45.4 Å². The number of benzene rings is 1. The van der Waals surface area contributed by atoms with Crippen LogP contribution in [0.2, 0.25) is 0 Å². The van der Waals surface area contributed by atoms with Crippen LogP contribution >= 0.6 is 0 Å². The fourth-order valence-electron chi connectivity index (χ4n) is 3.82. The molecular formula is C20H19F3N6O. The molecule has 0 spiro atoms. The summed E-state index contributed by atoms with van der Waals surface area (Å²) in [6.45, 7) is 6.58. The number of hydrogen-bond donors (Lipinski definition) is 1. The number of nitrogens with one attached hydrogen (secondary N) is 1. The standard InChI is InChI=1S/C20H19F3N6O/c1-9-8-13(6-7-14(9)20(21,22)23)17-15(10(2)26-28(17)5)18-24-11(3)16-19(30)25-12(4)27-29(16)18/h6-8H,1-5H3,(H,25,27,30). The lowest BCUT2D eigenvalue weighted by Gasteiger charge is -2.13. The summed E-state index contributed by atoms with van der Waals surface area (Å²) < 4.78 is 42.6. The highest BCUT2D eigenvalue weighted by Crippen LogP contribution is 2.38. The Labute approximate surface area is 169 Å². The minimum atomic E-state index is -4.42. The van der Waals surface area contributed by atoms with Crippen molar-refractivity contribution in [1.29, 1.82) is 0 Å². The van der Waals surface area contributed by atoms with Crippen LogP contribution in [-0.4, -0.2) is 29.4 Å². The molecule has 0 aliphatic rings. The molecule has 0 saturated heterocycles. The van der Waals surface area contributed by atoms with E-state index >= 15 is 0 Å². The summed E-state index contributed by atoms with van der Waals surface area (Å²) in [4.78, 5) is 19.6. The zero-order valence-electron chi connectivity index (χ0n) is 17.0. The fraction of sp³-hybridized carbons (Fsp3) is 0.300. The van der Waals surface area contributed by atoms with Crippen molar-refractivity contribution in [3.63, 3.8) is 0 Å². The third kappa shape index (κ3) is 2.99. The van der Waals surface area contributed by atoms with Gasteiger partial charge in [-0.1, -0.05) is 6.07 Å². The van der Waals surface area contributed by atoms with E-state index in [1.54, 1.807) is 32.5 Å². The number of nitrogens with zero attached hydrogens (tertiary/aromatic N) is 5. The van der Waals surface area contributed by atoms with Gasteiger partial charge < -0.3 is 4.98 Å². The number of halogens is 3. The SMILES string of the molecule is Cc1nn2c(-c3c(C)nn(C)c3-c3ccc(C(F)(F)F)c(C)c3)nc(C)c2c(=O)[nH]1. The minimum absolute atomic E-state index is 0.111. The molecule has 0 atom stereocenters. The van der Waals surface area contributed by atoms with Gasteiger partial charge in [-0.05, 0) is 45.4 Å². The van der Waals surface area contributed by atoms with Crippen molar-refractivity contribution in [2.75, 3.05) is 0 Å². The molecule has 10 heteroatoms. The Morgan fingerprint density at radius 1 is 1.03 bits per heavy atom. The van der Waals surface area contributed by atoms with Crippen LogP contribution in [0.25, 0.3) is 28.2 Å². The highest BCUT2D eigenvalue weighted by Gasteiger charge is 2.33. The van der Waals surface area contributed by atoms with E-state index in [4.69, 9.17) is 0 Å². The molecule has 0 aliphatic carbocycles. The largest absolute Gasteiger partial charge is 0.416 e.